The van der Waals surface area contributed by atoms with Crippen LogP contribution in [-0.2, 0) is 0 Å². The zero-order valence-electron chi connectivity index (χ0n) is 12.1. The lowest BCUT2D eigenvalue weighted by Crippen LogP contribution is -1.99. The summed E-state index contributed by atoms with van der Waals surface area (Å²) in [6, 6.07) is 10.4. The van der Waals surface area contributed by atoms with Gasteiger partial charge in [-0.15, -0.1) is 0 Å². The van der Waals surface area contributed by atoms with E-state index in [0.717, 1.165) is 16.9 Å². The molecule has 21 heavy (non-hydrogen) atoms. The summed E-state index contributed by atoms with van der Waals surface area (Å²) in [4.78, 5) is 10.9. The van der Waals surface area contributed by atoms with Crippen LogP contribution in [0.1, 0.15) is 15.9 Å². The van der Waals surface area contributed by atoms with Crippen LogP contribution in [0, 0.1) is 6.92 Å². The molecule has 2 N–H and O–H groups in total. The van der Waals surface area contributed by atoms with Crippen molar-refractivity contribution in [1.29, 1.82) is 0 Å². The van der Waals surface area contributed by atoms with E-state index in [1.807, 2.05) is 19.1 Å². The molecule has 0 aromatic heterocycles. The summed E-state index contributed by atoms with van der Waals surface area (Å²) in [6.07, 6.45) is 0. The van der Waals surface area contributed by atoms with Crippen molar-refractivity contribution in [2.24, 2.45) is 0 Å². The fourth-order valence-electron chi connectivity index (χ4n) is 1.97. The summed E-state index contributed by atoms with van der Waals surface area (Å²) in [5.74, 6) is 0.418. The van der Waals surface area contributed by atoms with Gasteiger partial charge in [-0.3, -0.25) is 0 Å². The minimum atomic E-state index is -0.937. The number of carboxylic acids is 1. The number of aryl methyl sites for hydroxylation is 1. The van der Waals surface area contributed by atoms with E-state index in [-0.39, 0.29) is 5.56 Å². The van der Waals surface area contributed by atoms with Crippen molar-refractivity contribution < 1.29 is 19.4 Å². The molecule has 0 aliphatic carbocycles. The number of hydrogen-bond donors (Lipinski definition) is 2. The molecule has 0 aliphatic rings. The van der Waals surface area contributed by atoms with Crippen molar-refractivity contribution in [3.05, 3.63) is 47.5 Å². The fraction of sp³-hybridized carbons (Fsp3) is 0.188. The Labute approximate surface area is 123 Å². The molecule has 110 valence electrons. The number of carboxylic acid groups (broad SMARTS) is 1. The highest BCUT2D eigenvalue weighted by molar-refractivity contribution is 5.88. The highest BCUT2D eigenvalue weighted by Gasteiger charge is 2.07. The molecule has 2 aromatic carbocycles. The van der Waals surface area contributed by atoms with Crippen LogP contribution in [0.2, 0.25) is 0 Å². The van der Waals surface area contributed by atoms with E-state index in [9.17, 15) is 4.79 Å². The Morgan fingerprint density at radius 2 is 1.67 bits per heavy atom. The summed E-state index contributed by atoms with van der Waals surface area (Å²) in [5, 5.41) is 12.2. The van der Waals surface area contributed by atoms with E-state index in [1.54, 1.807) is 38.5 Å². The summed E-state index contributed by atoms with van der Waals surface area (Å²) < 4.78 is 10.4. The Morgan fingerprint density at radius 1 is 1.05 bits per heavy atom. The van der Waals surface area contributed by atoms with Gasteiger partial charge in [0.25, 0.3) is 0 Å². The third-order valence-electron chi connectivity index (χ3n) is 3.10. The van der Waals surface area contributed by atoms with Gasteiger partial charge in [0.15, 0.2) is 0 Å². The molecular formula is C16H17NO4. The predicted molar refractivity (Wildman–Crippen MR) is 81.0 cm³/mol. The number of nitrogens with one attached hydrogen (secondary N) is 1. The SMILES string of the molecule is COc1cc(Nc2ccc(C(=O)O)cc2C)cc(OC)c1. The maximum absolute atomic E-state index is 10.9. The molecule has 0 aliphatic heterocycles. The van der Waals surface area contributed by atoms with Gasteiger partial charge in [-0.2, -0.15) is 0 Å². The standard InChI is InChI=1S/C16H17NO4/c1-10-6-11(16(18)19)4-5-15(10)17-12-7-13(20-2)9-14(8-12)21-3/h4-9,17H,1-3H3,(H,18,19). The number of rotatable bonds is 5. The highest BCUT2D eigenvalue weighted by Crippen LogP contribution is 2.29. The van der Waals surface area contributed by atoms with Gasteiger partial charge in [0.1, 0.15) is 11.5 Å². The van der Waals surface area contributed by atoms with Crippen LogP contribution in [0.5, 0.6) is 11.5 Å². The molecule has 0 heterocycles. The fourth-order valence-corrected chi connectivity index (χ4v) is 1.97. The van der Waals surface area contributed by atoms with Crippen LogP contribution in [0.3, 0.4) is 0 Å². The van der Waals surface area contributed by atoms with Gasteiger partial charge in [-0.05, 0) is 30.7 Å². The summed E-state index contributed by atoms with van der Waals surface area (Å²) in [7, 11) is 3.18. The Kier molecular flexibility index (Phi) is 4.33. The number of ether oxygens (including phenoxy) is 2. The molecule has 5 heteroatoms. The van der Waals surface area contributed by atoms with E-state index >= 15 is 0 Å². The van der Waals surface area contributed by atoms with Crippen molar-refractivity contribution in [3.8, 4) is 11.5 Å². The van der Waals surface area contributed by atoms with Crippen LogP contribution in [0.15, 0.2) is 36.4 Å². The van der Waals surface area contributed by atoms with Crippen molar-refractivity contribution in [2.75, 3.05) is 19.5 Å². The lowest BCUT2D eigenvalue weighted by atomic mass is 10.1. The zero-order valence-corrected chi connectivity index (χ0v) is 12.1. The maximum Gasteiger partial charge on any atom is 0.335 e. The Balaban J connectivity index is 2.31. The number of carbonyl (C=O) groups is 1. The van der Waals surface area contributed by atoms with Crippen LogP contribution >= 0.6 is 0 Å². The van der Waals surface area contributed by atoms with Crippen LogP contribution in [0.4, 0.5) is 11.4 Å². The number of aromatic carboxylic acids is 1. The first-order valence-corrected chi connectivity index (χ1v) is 6.37. The van der Waals surface area contributed by atoms with E-state index in [2.05, 4.69) is 5.32 Å². The van der Waals surface area contributed by atoms with Crippen molar-refractivity contribution in [1.82, 2.24) is 0 Å². The van der Waals surface area contributed by atoms with E-state index < -0.39 is 5.97 Å². The minimum absolute atomic E-state index is 0.265. The monoisotopic (exact) mass is 287 g/mol. The molecule has 0 spiro atoms. The molecular weight excluding hydrogens is 270 g/mol. The molecule has 5 nitrogen and oxygen atoms in total. The third kappa shape index (κ3) is 3.45. The van der Waals surface area contributed by atoms with Crippen molar-refractivity contribution >= 4 is 17.3 Å². The minimum Gasteiger partial charge on any atom is -0.497 e. The van der Waals surface area contributed by atoms with E-state index in [0.29, 0.717) is 11.5 Å². The summed E-state index contributed by atoms with van der Waals surface area (Å²) in [5.41, 5.74) is 2.74. The third-order valence-corrected chi connectivity index (χ3v) is 3.10. The van der Waals surface area contributed by atoms with Gasteiger partial charge in [-0.1, -0.05) is 0 Å². The maximum atomic E-state index is 10.9. The topological polar surface area (TPSA) is 67.8 Å². The number of methoxy groups -OCH3 is 2. The summed E-state index contributed by atoms with van der Waals surface area (Å²) in [6.45, 7) is 1.85. The second kappa shape index (κ2) is 6.17. The second-order valence-electron chi connectivity index (χ2n) is 4.56. The van der Waals surface area contributed by atoms with Gasteiger partial charge < -0.3 is 19.9 Å². The first-order valence-electron chi connectivity index (χ1n) is 6.37. The molecule has 0 bridgehead atoms. The molecule has 0 atom stereocenters. The molecule has 0 amide bonds. The van der Waals surface area contributed by atoms with Gasteiger partial charge in [0, 0.05) is 29.6 Å². The number of anilines is 2. The summed E-state index contributed by atoms with van der Waals surface area (Å²) >= 11 is 0. The normalized spacial score (nSPS) is 10.0. The van der Waals surface area contributed by atoms with Crippen molar-refractivity contribution in [3.63, 3.8) is 0 Å². The molecule has 2 rings (SSSR count). The first-order chi connectivity index (χ1) is 10.0. The first kappa shape index (κ1) is 14.7. The zero-order chi connectivity index (χ0) is 15.4. The average Bonchev–Trinajstić information content (AvgIpc) is 2.48. The van der Waals surface area contributed by atoms with Gasteiger partial charge in [-0.25, -0.2) is 4.79 Å². The Morgan fingerprint density at radius 3 is 2.14 bits per heavy atom. The molecule has 0 fully saturated rings. The Hall–Kier alpha value is -2.69. The van der Waals surface area contributed by atoms with Crippen molar-refractivity contribution in [2.45, 2.75) is 6.92 Å². The highest BCUT2D eigenvalue weighted by atomic mass is 16.5. The quantitative estimate of drug-likeness (QED) is 0.881. The van der Waals surface area contributed by atoms with Crippen LogP contribution < -0.4 is 14.8 Å². The van der Waals surface area contributed by atoms with Gasteiger partial charge in [0.2, 0.25) is 0 Å². The molecule has 0 radical (unpaired) electrons. The largest absolute Gasteiger partial charge is 0.497 e. The molecule has 0 unspecified atom stereocenters. The smallest absolute Gasteiger partial charge is 0.335 e. The van der Waals surface area contributed by atoms with Gasteiger partial charge >= 0.3 is 5.97 Å². The number of benzene rings is 2. The predicted octanol–water partition coefficient (Wildman–Crippen LogP) is 3.45. The number of hydrogen-bond acceptors (Lipinski definition) is 4. The van der Waals surface area contributed by atoms with Crippen LogP contribution in [0.25, 0.3) is 0 Å². The lowest BCUT2D eigenvalue weighted by Gasteiger charge is -2.13. The second-order valence-corrected chi connectivity index (χ2v) is 4.56. The van der Waals surface area contributed by atoms with E-state index in [4.69, 9.17) is 14.6 Å². The van der Waals surface area contributed by atoms with Gasteiger partial charge in [0.05, 0.1) is 19.8 Å². The lowest BCUT2D eigenvalue weighted by molar-refractivity contribution is 0.0697. The Bertz CT molecular complexity index is 645. The molecule has 2 aromatic rings. The molecule has 0 saturated heterocycles. The van der Waals surface area contributed by atoms with Crippen LogP contribution in [-0.4, -0.2) is 25.3 Å². The average molecular weight is 287 g/mol. The van der Waals surface area contributed by atoms with E-state index in [1.165, 1.54) is 0 Å². The molecule has 0 saturated carbocycles.